The number of carbonyl (C=O) groups excluding carboxylic acids is 1. The zero-order valence-corrected chi connectivity index (χ0v) is 18.2. The standard InChI is InChI=1S/C22H23N5O2S/c1-5-30-22-23-20-19(24-25-22)17-8-6-7-9-18(17)27(14(2)28)21(29-20)15-10-12-16(13-11-15)26(3)4/h6-13,21H,5H2,1-4H3/t21-/m0/s1. The number of aromatic nitrogens is 3. The largest absolute Gasteiger partial charge is 0.447 e. The Kier molecular flexibility index (Phi) is 5.59. The molecule has 2 heterocycles. The molecule has 1 aromatic heterocycles. The molecule has 7 nitrogen and oxygen atoms in total. The highest BCUT2D eigenvalue weighted by Gasteiger charge is 2.34. The highest BCUT2D eigenvalue weighted by atomic mass is 32.2. The van der Waals surface area contributed by atoms with Gasteiger partial charge in [-0.25, -0.2) is 0 Å². The molecular formula is C22H23N5O2S. The Hall–Kier alpha value is -3.13. The molecule has 0 spiro atoms. The highest BCUT2D eigenvalue weighted by molar-refractivity contribution is 7.99. The third kappa shape index (κ3) is 3.70. The Labute approximate surface area is 180 Å². The summed E-state index contributed by atoms with van der Waals surface area (Å²) in [6, 6.07) is 15.6. The van der Waals surface area contributed by atoms with Gasteiger partial charge in [-0.15, -0.1) is 10.2 Å². The number of carbonyl (C=O) groups is 1. The summed E-state index contributed by atoms with van der Waals surface area (Å²) in [7, 11) is 3.97. The van der Waals surface area contributed by atoms with E-state index in [4.69, 9.17) is 4.74 Å². The number of para-hydroxylation sites is 1. The van der Waals surface area contributed by atoms with Gasteiger partial charge < -0.3 is 9.64 Å². The van der Waals surface area contributed by atoms with Gasteiger partial charge in [-0.3, -0.25) is 9.69 Å². The summed E-state index contributed by atoms with van der Waals surface area (Å²) < 4.78 is 6.35. The minimum atomic E-state index is -0.669. The monoisotopic (exact) mass is 421 g/mol. The molecular weight excluding hydrogens is 398 g/mol. The lowest BCUT2D eigenvalue weighted by atomic mass is 10.1. The number of hydrogen-bond acceptors (Lipinski definition) is 7. The number of ether oxygens (including phenoxy) is 1. The second kappa shape index (κ2) is 8.31. The van der Waals surface area contributed by atoms with Crippen molar-refractivity contribution in [3.63, 3.8) is 0 Å². The zero-order chi connectivity index (χ0) is 21.3. The van der Waals surface area contributed by atoms with Crippen LogP contribution in [0.2, 0.25) is 0 Å². The third-order valence-electron chi connectivity index (χ3n) is 4.82. The third-order valence-corrected chi connectivity index (χ3v) is 5.54. The Balaban J connectivity index is 1.89. The Morgan fingerprint density at radius 3 is 2.53 bits per heavy atom. The SMILES string of the molecule is CCSc1nnc2c(n1)O[C@@H](c1ccc(N(C)C)cc1)N(C(C)=O)c1ccccc1-2. The smallest absolute Gasteiger partial charge is 0.247 e. The molecule has 0 N–H and O–H groups in total. The first kappa shape index (κ1) is 20.2. The number of benzene rings is 2. The lowest BCUT2D eigenvalue weighted by Gasteiger charge is -2.30. The van der Waals surface area contributed by atoms with Crippen molar-refractivity contribution in [1.82, 2.24) is 15.2 Å². The van der Waals surface area contributed by atoms with Crippen LogP contribution in [0.4, 0.5) is 11.4 Å². The van der Waals surface area contributed by atoms with Crippen molar-refractivity contribution < 1.29 is 9.53 Å². The van der Waals surface area contributed by atoms with Crippen molar-refractivity contribution in [1.29, 1.82) is 0 Å². The Bertz CT molecular complexity index is 1070. The number of rotatable bonds is 4. The number of anilines is 2. The van der Waals surface area contributed by atoms with Gasteiger partial charge in [0.15, 0.2) is 5.69 Å². The van der Waals surface area contributed by atoms with Crippen LogP contribution in [0.15, 0.2) is 53.7 Å². The van der Waals surface area contributed by atoms with Crippen LogP contribution >= 0.6 is 11.8 Å². The Morgan fingerprint density at radius 1 is 1.13 bits per heavy atom. The molecule has 1 aliphatic rings. The quantitative estimate of drug-likeness (QED) is 0.586. The van der Waals surface area contributed by atoms with E-state index in [0.717, 1.165) is 28.3 Å². The second-order valence-electron chi connectivity index (χ2n) is 7.04. The van der Waals surface area contributed by atoms with Crippen molar-refractivity contribution in [2.75, 3.05) is 29.6 Å². The normalized spacial score (nSPS) is 14.9. The van der Waals surface area contributed by atoms with E-state index in [2.05, 4.69) is 15.2 Å². The minimum Gasteiger partial charge on any atom is -0.447 e. The molecule has 0 fully saturated rings. The summed E-state index contributed by atoms with van der Waals surface area (Å²) in [5.74, 6) is 1.07. The van der Waals surface area contributed by atoms with Crippen LogP contribution in [-0.2, 0) is 4.79 Å². The molecule has 0 saturated carbocycles. The first-order valence-corrected chi connectivity index (χ1v) is 10.7. The van der Waals surface area contributed by atoms with Gasteiger partial charge >= 0.3 is 0 Å². The minimum absolute atomic E-state index is 0.131. The molecule has 0 saturated heterocycles. The molecule has 2 aromatic carbocycles. The van der Waals surface area contributed by atoms with E-state index >= 15 is 0 Å². The molecule has 0 radical (unpaired) electrons. The van der Waals surface area contributed by atoms with Crippen molar-refractivity contribution >= 4 is 29.0 Å². The summed E-state index contributed by atoms with van der Waals surface area (Å²) >= 11 is 1.49. The summed E-state index contributed by atoms with van der Waals surface area (Å²) in [5.41, 5.74) is 3.93. The first-order chi connectivity index (χ1) is 14.5. The fourth-order valence-electron chi connectivity index (χ4n) is 3.40. The van der Waals surface area contributed by atoms with Gasteiger partial charge in [0, 0.05) is 37.8 Å². The van der Waals surface area contributed by atoms with E-state index in [1.54, 1.807) is 4.90 Å². The molecule has 30 heavy (non-hydrogen) atoms. The number of hydrogen-bond donors (Lipinski definition) is 0. The lowest BCUT2D eigenvalue weighted by molar-refractivity contribution is -0.118. The molecule has 1 amide bonds. The summed E-state index contributed by atoms with van der Waals surface area (Å²) in [6.07, 6.45) is -0.669. The highest BCUT2D eigenvalue weighted by Crippen LogP contribution is 2.43. The maximum Gasteiger partial charge on any atom is 0.247 e. The van der Waals surface area contributed by atoms with E-state index in [9.17, 15) is 4.79 Å². The number of amides is 1. The predicted molar refractivity (Wildman–Crippen MR) is 119 cm³/mol. The number of thioether (sulfide) groups is 1. The Morgan fingerprint density at radius 2 is 1.87 bits per heavy atom. The molecule has 0 bridgehead atoms. The van der Waals surface area contributed by atoms with Gasteiger partial charge in [0.1, 0.15) is 0 Å². The predicted octanol–water partition coefficient (Wildman–Crippen LogP) is 4.16. The number of fused-ring (bicyclic) bond motifs is 3. The van der Waals surface area contributed by atoms with Crippen LogP contribution in [0, 0.1) is 0 Å². The van der Waals surface area contributed by atoms with Gasteiger partial charge in [0.2, 0.25) is 23.2 Å². The first-order valence-electron chi connectivity index (χ1n) is 9.70. The van der Waals surface area contributed by atoms with Gasteiger partial charge in [-0.2, -0.15) is 4.98 Å². The molecule has 8 heteroatoms. The second-order valence-corrected chi connectivity index (χ2v) is 8.27. The fourth-order valence-corrected chi connectivity index (χ4v) is 3.90. The zero-order valence-electron chi connectivity index (χ0n) is 17.4. The molecule has 0 aliphatic carbocycles. The average molecular weight is 422 g/mol. The van der Waals surface area contributed by atoms with Crippen molar-refractivity contribution in [3.05, 3.63) is 54.1 Å². The van der Waals surface area contributed by atoms with Crippen molar-refractivity contribution in [3.8, 4) is 17.1 Å². The summed E-state index contributed by atoms with van der Waals surface area (Å²) in [6.45, 7) is 3.57. The van der Waals surface area contributed by atoms with Crippen molar-refractivity contribution in [2.45, 2.75) is 25.2 Å². The summed E-state index contributed by atoms with van der Waals surface area (Å²) in [5, 5.41) is 9.18. The molecule has 4 rings (SSSR count). The van der Waals surface area contributed by atoms with Gasteiger partial charge in [-0.1, -0.05) is 49.0 Å². The van der Waals surface area contributed by atoms with Gasteiger partial charge in [0.25, 0.3) is 0 Å². The van der Waals surface area contributed by atoms with Crippen LogP contribution in [0.25, 0.3) is 11.3 Å². The molecule has 1 aliphatic heterocycles. The molecule has 154 valence electrons. The van der Waals surface area contributed by atoms with E-state index in [1.807, 2.05) is 74.4 Å². The molecule has 0 unspecified atom stereocenters. The number of nitrogens with zero attached hydrogens (tertiary/aromatic N) is 5. The van der Waals surface area contributed by atoms with E-state index in [1.165, 1.54) is 18.7 Å². The lowest BCUT2D eigenvalue weighted by Crippen LogP contribution is -2.36. The maximum atomic E-state index is 12.8. The van der Waals surface area contributed by atoms with Crippen molar-refractivity contribution in [2.24, 2.45) is 0 Å². The maximum absolute atomic E-state index is 12.8. The van der Waals surface area contributed by atoms with Gasteiger partial charge in [0.05, 0.1) is 5.69 Å². The van der Waals surface area contributed by atoms with E-state index in [0.29, 0.717) is 16.7 Å². The van der Waals surface area contributed by atoms with Crippen LogP contribution in [0.5, 0.6) is 5.88 Å². The van der Waals surface area contributed by atoms with Gasteiger partial charge in [-0.05, 0) is 24.0 Å². The van der Waals surface area contributed by atoms with E-state index < -0.39 is 6.23 Å². The molecule has 3 aromatic rings. The average Bonchev–Trinajstić information content (AvgIpc) is 2.88. The van der Waals surface area contributed by atoms with Crippen LogP contribution < -0.4 is 14.5 Å². The van der Waals surface area contributed by atoms with Crippen LogP contribution in [-0.4, -0.2) is 40.9 Å². The fraction of sp³-hybridized carbons (Fsp3) is 0.273. The topological polar surface area (TPSA) is 71.5 Å². The molecule has 1 atom stereocenters. The van der Waals surface area contributed by atoms with Crippen LogP contribution in [0.3, 0.4) is 0 Å². The van der Waals surface area contributed by atoms with E-state index in [-0.39, 0.29) is 5.91 Å². The summed E-state index contributed by atoms with van der Waals surface area (Å²) in [4.78, 5) is 21.0. The van der Waals surface area contributed by atoms with Crippen LogP contribution in [0.1, 0.15) is 25.6 Å².